The Balaban J connectivity index is 1.73. The van der Waals surface area contributed by atoms with E-state index in [1.165, 1.54) is 10.0 Å². The van der Waals surface area contributed by atoms with E-state index in [1.807, 2.05) is 26.8 Å². The molecule has 1 aliphatic rings. The number of carbonyl (C=O) groups excluding carboxylic acids is 1. The molecule has 2 rings (SSSR count). The predicted octanol–water partition coefficient (Wildman–Crippen LogP) is 4.37. The Morgan fingerprint density at radius 3 is 2.83 bits per heavy atom. The van der Waals surface area contributed by atoms with Crippen LogP contribution >= 0.6 is 15.9 Å². The molecule has 1 fully saturated rings. The maximum Gasteiger partial charge on any atom is 0.407 e. The van der Waals surface area contributed by atoms with Crippen LogP contribution in [-0.4, -0.2) is 42.3 Å². The van der Waals surface area contributed by atoms with Crippen molar-refractivity contribution < 1.29 is 9.53 Å². The van der Waals surface area contributed by atoms with Crippen molar-refractivity contribution in [3.63, 3.8) is 0 Å². The minimum atomic E-state index is -0.443. The Morgan fingerprint density at radius 2 is 2.12 bits per heavy atom. The molecule has 0 saturated carbocycles. The van der Waals surface area contributed by atoms with E-state index in [0.29, 0.717) is 0 Å². The molecule has 0 aromatic heterocycles. The van der Waals surface area contributed by atoms with E-state index in [4.69, 9.17) is 4.74 Å². The zero-order valence-electron chi connectivity index (χ0n) is 15.0. The van der Waals surface area contributed by atoms with E-state index in [0.717, 1.165) is 45.3 Å². The van der Waals surface area contributed by atoms with Crippen molar-refractivity contribution in [2.75, 3.05) is 19.6 Å². The minimum absolute atomic E-state index is 0.192. The summed E-state index contributed by atoms with van der Waals surface area (Å²) in [5.74, 6) is 0. The molecule has 1 saturated heterocycles. The van der Waals surface area contributed by atoms with Crippen LogP contribution in [0.2, 0.25) is 0 Å². The predicted molar refractivity (Wildman–Crippen MR) is 101 cm³/mol. The number of piperidine rings is 1. The Labute approximate surface area is 154 Å². The Hall–Kier alpha value is -1.07. The van der Waals surface area contributed by atoms with Gasteiger partial charge in [0.1, 0.15) is 5.60 Å². The highest BCUT2D eigenvalue weighted by atomic mass is 79.9. The van der Waals surface area contributed by atoms with Crippen molar-refractivity contribution in [1.82, 2.24) is 10.2 Å². The lowest BCUT2D eigenvalue weighted by Crippen LogP contribution is -2.49. The van der Waals surface area contributed by atoms with Crippen LogP contribution in [0.1, 0.15) is 45.6 Å². The summed E-state index contributed by atoms with van der Waals surface area (Å²) >= 11 is 3.61. The highest BCUT2D eigenvalue weighted by molar-refractivity contribution is 9.10. The van der Waals surface area contributed by atoms with Gasteiger partial charge in [-0.3, -0.25) is 0 Å². The fourth-order valence-electron chi connectivity index (χ4n) is 3.04. The molecule has 134 valence electrons. The van der Waals surface area contributed by atoms with Crippen molar-refractivity contribution in [2.24, 2.45) is 0 Å². The number of carbonyl (C=O) groups is 1. The third-order valence-corrected chi connectivity index (χ3v) is 4.88. The van der Waals surface area contributed by atoms with Crippen molar-refractivity contribution >= 4 is 22.0 Å². The van der Waals surface area contributed by atoms with Gasteiger partial charge in [0.05, 0.1) is 0 Å². The maximum atomic E-state index is 11.9. The third kappa shape index (κ3) is 6.81. The summed E-state index contributed by atoms with van der Waals surface area (Å²) in [6, 6.07) is 8.59. The van der Waals surface area contributed by atoms with E-state index >= 15 is 0 Å². The van der Waals surface area contributed by atoms with Crippen molar-refractivity contribution in [1.29, 1.82) is 0 Å². The summed E-state index contributed by atoms with van der Waals surface area (Å²) in [7, 11) is 0. The van der Waals surface area contributed by atoms with E-state index in [2.05, 4.69) is 44.3 Å². The first kappa shape index (κ1) is 19.3. The first-order valence-electron chi connectivity index (χ1n) is 8.79. The van der Waals surface area contributed by atoms with Crippen LogP contribution in [0.3, 0.4) is 0 Å². The molecule has 0 radical (unpaired) electrons. The standard InChI is InChI=1S/C19H29BrN2O2/c1-19(2,3)24-18(23)21-16-10-7-13-22(14-16)12-6-9-15-8-4-5-11-17(15)20/h4-5,8,11,16H,6-7,9-10,12-14H2,1-3H3,(H,21,23)/t16-/m1/s1. The molecular formula is C19H29BrN2O2. The number of aryl methyl sites for hydroxylation is 1. The molecule has 4 nitrogen and oxygen atoms in total. The minimum Gasteiger partial charge on any atom is -0.444 e. The summed E-state index contributed by atoms with van der Waals surface area (Å²) in [5.41, 5.74) is 0.916. The number of ether oxygens (including phenoxy) is 1. The monoisotopic (exact) mass is 396 g/mol. The highest BCUT2D eigenvalue weighted by Crippen LogP contribution is 2.18. The number of alkyl carbamates (subject to hydrolysis) is 1. The molecule has 1 heterocycles. The molecule has 0 unspecified atom stereocenters. The molecule has 0 aliphatic carbocycles. The van der Waals surface area contributed by atoms with Gasteiger partial charge in [-0.15, -0.1) is 0 Å². The molecule has 1 aliphatic heterocycles. The van der Waals surface area contributed by atoms with Gasteiger partial charge in [0.25, 0.3) is 0 Å². The van der Waals surface area contributed by atoms with E-state index < -0.39 is 5.60 Å². The molecule has 1 aromatic rings. The molecule has 1 amide bonds. The molecule has 1 aromatic carbocycles. The first-order chi connectivity index (χ1) is 11.3. The molecule has 1 atom stereocenters. The molecule has 24 heavy (non-hydrogen) atoms. The number of amides is 1. The number of rotatable bonds is 5. The van der Waals surface area contributed by atoms with Crippen molar-refractivity contribution in [3.8, 4) is 0 Å². The topological polar surface area (TPSA) is 41.6 Å². The summed E-state index contributed by atoms with van der Waals surface area (Å²) < 4.78 is 6.54. The lowest BCUT2D eigenvalue weighted by atomic mass is 10.0. The van der Waals surface area contributed by atoms with Crippen LogP contribution < -0.4 is 5.32 Å². The molecule has 1 N–H and O–H groups in total. The average molecular weight is 397 g/mol. The Kier molecular flexibility index (Phi) is 7.11. The van der Waals surface area contributed by atoms with Crippen molar-refractivity contribution in [3.05, 3.63) is 34.3 Å². The van der Waals surface area contributed by atoms with E-state index in [9.17, 15) is 4.79 Å². The van der Waals surface area contributed by atoms with Gasteiger partial charge in [0.15, 0.2) is 0 Å². The Morgan fingerprint density at radius 1 is 1.38 bits per heavy atom. The zero-order valence-corrected chi connectivity index (χ0v) is 16.6. The van der Waals surface area contributed by atoms with Gasteiger partial charge in [0, 0.05) is 17.1 Å². The largest absolute Gasteiger partial charge is 0.444 e. The second kappa shape index (κ2) is 8.86. The highest BCUT2D eigenvalue weighted by Gasteiger charge is 2.23. The lowest BCUT2D eigenvalue weighted by molar-refractivity contribution is 0.0472. The van der Waals surface area contributed by atoms with Crippen LogP contribution in [0.4, 0.5) is 4.79 Å². The molecule has 0 spiro atoms. The number of likely N-dealkylation sites (tertiary alicyclic amines) is 1. The van der Waals surface area contributed by atoms with Gasteiger partial charge < -0.3 is 15.0 Å². The van der Waals surface area contributed by atoms with Gasteiger partial charge in [-0.2, -0.15) is 0 Å². The smallest absolute Gasteiger partial charge is 0.407 e. The number of nitrogens with zero attached hydrogens (tertiary/aromatic N) is 1. The maximum absolute atomic E-state index is 11.9. The number of hydrogen-bond donors (Lipinski definition) is 1. The van der Waals surface area contributed by atoms with Gasteiger partial charge in [-0.25, -0.2) is 4.79 Å². The van der Waals surface area contributed by atoms with E-state index in [-0.39, 0.29) is 12.1 Å². The van der Waals surface area contributed by atoms with Crippen LogP contribution in [0.25, 0.3) is 0 Å². The molecular weight excluding hydrogens is 368 g/mol. The Bertz CT molecular complexity index is 542. The molecule has 5 heteroatoms. The van der Waals surface area contributed by atoms with Gasteiger partial charge >= 0.3 is 6.09 Å². The quantitative estimate of drug-likeness (QED) is 0.802. The van der Waals surface area contributed by atoms with Gasteiger partial charge in [-0.05, 0) is 71.2 Å². The summed E-state index contributed by atoms with van der Waals surface area (Å²) in [6.07, 6.45) is 4.04. The average Bonchev–Trinajstić information content (AvgIpc) is 2.47. The van der Waals surface area contributed by atoms with Crippen molar-refractivity contribution in [2.45, 2.75) is 58.1 Å². The lowest BCUT2D eigenvalue weighted by Gasteiger charge is -2.33. The zero-order chi connectivity index (χ0) is 17.6. The second-order valence-electron chi connectivity index (χ2n) is 7.48. The summed E-state index contributed by atoms with van der Waals surface area (Å²) in [6.45, 7) is 8.76. The normalized spacial score (nSPS) is 19.1. The second-order valence-corrected chi connectivity index (χ2v) is 8.34. The number of halogens is 1. The number of benzene rings is 1. The third-order valence-electron chi connectivity index (χ3n) is 4.10. The fraction of sp³-hybridized carbons (Fsp3) is 0.632. The van der Waals surface area contributed by atoms with Crippen LogP contribution in [0.15, 0.2) is 28.7 Å². The van der Waals surface area contributed by atoms with Gasteiger partial charge in [-0.1, -0.05) is 34.1 Å². The summed E-state index contributed by atoms with van der Waals surface area (Å²) in [4.78, 5) is 14.4. The van der Waals surface area contributed by atoms with E-state index in [1.54, 1.807) is 0 Å². The van der Waals surface area contributed by atoms with Crippen LogP contribution in [-0.2, 0) is 11.2 Å². The van der Waals surface area contributed by atoms with Crippen LogP contribution in [0.5, 0.6) is 0 Å². The fourth-order valence-corrected chi connectivity index (χ4v) is 3.53. The van der Waals surface area contributed by atoms with Gasteiger partial charge in [0.2, 0.25) is 0 Å². The number of nitrogens with one attached hydrogen (secondary N) is 1. The summed E-state index contributed by atoms with van der Waals surface area (Å²) in [5, 5.41) is 3.01. The first-order valence-corrected chi connectivity index (χ1v) is 9.58. The SMILES string of the molecule is CC(C)(C)OC(=O)N[C@@H]1CCCN(CCCc2ccccc2Br)C1. The number of hydrogen-bond acceptors (Lipinski definition) is 3. The molecule has 0 bridgehead atoms. The van der Waals surface area contributed by atoms with Crippen LogP contribution in [0, 0.1) is 0 Å².